The van der Waals surface area contributed by atoms with Crippen molar-refractivity contribution in [1.29, 1.82) is 0 Å². The highest BCUT2D eigenvalue weighted by atomic mass is 16.4. The molecule has 5 heteroatoms. The normalized spacial score (nSPS) is 24.9. The smallest absolute Gasteiger partial charge is 0.307 e. The lowest BCUT2D eigenvalue weighted by molar-refractivity contribution is -0.142. The third-order valence-corrected chi connectivity index (χ3v) is 3.81. The van der Waals surface area contributed by atoms with Crippen molar-refractivity contribution in [3.63, 3.8) is 0 Å². The highest BCUT2D eigenvalue weighted by Gasteiger charge is 2.31. The molecule has 16 heavy (non-hydrogen) atoms. The van der Waals surface area contributed by atoms with E-state index in [2.05, 4.69) is 14.8 Å². The number of rotatable bonds is 2. The Kier molecular flexibility index (Phi) is 2.19. The molecule has 1 saturated carbocycles. The molecular weight excluding hydrogens is 206 g/mol. The molecule has 0 radical (unpaired) electrons. The van der Waals surface area contributed by atoms with Gasteiger partial charge in [-0.1, -0.05) is 6.42 Å². The molecule has 86 valence electrons. The van der Waals surface area contributed by atoms with Gasteiger partial charge in [0.25, 0.3) is 0 Å². The minimum absolute atomic E-state index is 0.272. The van der Waals surface area contributed by atoms with Crippen LogP contribution in [0.2, 0.25) is 0 Å². The van der Waals surface area contributed by atoms with E-state index in [0.717, 1.165) is 18.2 Å². The SMILES string of the molecule is O=C(O)C1CCn2c(nnc2C2CCC2)C1. The summed E-state index contributed by atoms with van der Waals surface area (Å²) in [6.45, 7) is 0.769. The van der Waals surface area contributed by atoms with Crippen molar-refractivity contribution in [3.8, 4) is 0 Å². The molecule has 1 fully saturated rings. The van der Waals surface area contributed by atoms with Gasteiger partial charge in [0.15, 0.2) is 0 Å². The molecule has 0 saturated heterocycles. The fourth-order valence-corrected chi connectivity index (χ4v) is 2.53. The van der Waals surface area contributed by atoms with Gasteiger partial charge in [0.05, 0.1) is 5.92 Å². The van der Waals surface area contributed by atoms with E-state index in [1.807, 2.05) is 0 Å². The summed E-state index contributed by atoms with van der Waals surface area (Å²) >= 11 is 0. The second-order valence-corrected chi connectivity index (χ2v) is 4.78. The summed E-state index contributed by atoms with van der Waals surface area (Å²) < 4.78 is 2.14. The third kappa shape index (κ3) is 1.42. The van der Waals surface area contributed by atoms with E-state index in [0.29, 0.717) is 18.8 Å². The van der Waals surface area contributed by atoms with E-state index in [1.54, 1.807) is 0 Å². The fourth-order valence-electron chi connectivity index (χ4n) is 2.53. The maximum absolute atomic E-state index is 10.9. The summed E-state index contributed by atoms with van der Waals surface area (Å²) in [5.41, 5.74) is 0. The van der Waals surface area contributed by atoms with Crippen LogP contribution in [0, 0.1) is 5.92 Å². The standard InChI is InChI=1S/C11H15N3O2/c15-11(16)8-4-5-14-9(6-8)12-13-10(14)7-2-1-3-7/h7-8H,1-6H2,(H,15,16). The van der Waals surface area contributed by atoms with Gasteiger partial charge in [-0.2, -0.15) is 0 Å². The van der Waals surface area contributed by atoms with Crippen molar-refractivity contribution in [2.45, 2.75) is 44.6 Å². The molecule has 1 aromatic heterocycles. The molecule has 0 spiro atoms. The Morgan fingerprint density at radius 3 is 2.75 bits per heavy atom. The molecule has 2 heterocycles. The Hall–Kier alpha value is -1.39. The van der Waals surface area contributed by atoms with E-state index >= 15 is 0 Å². The maximum atomic E-state index is 10.9. The van der Waals surface area contributed by atoms with Crippen molar-refractivity contribution >= 4 is 5.97 Å². The van der Waals surface area contributed by atoms with Gasteiger partial charge in [0.2, 0.25) is 0 Å². The Balaban J connectivity index is 1.85. The van der Waals surface area contributed by atoms with E-state index in [1.165, 1.54) is 19.3 Å². The van der Waals surface area contributed by atoms with Crippen LogP contribution in [0.4, 0.5) is 0 Å². The maximum Gasteiger partial charge on any atom is 0.307 e. The summed E-state index contributed by atoms with van der Waals surface area (Å²) in [4.78, 5) is 10.9. The van der Waals surface area contributed by atoms with Crippen LogP contribution in [0.25, 0.3) is 0 Å². The summed E-state index contributed by atoms with van der Waals surface area (Å²) in [7, 11) is 0. The number of hydrogen-bond acceptors (Lipinski definition) is 3. The van der Waals surface area contributed by atoms with Crippen molar-refractivity contribution in [2.24, 2.45) is 5.92 Å². The van der Waals surface area contributed by atoms with Crippen LogP contribution in [-0.2, 0) is 17.8 Å². The second kappa shape index (κ2) is 3.57. The molecule has 0 amide bonds. The summed E-state index contributed by atoms with van der Waals surface area (Å²) in [6.07, 6.45) is 4.95. The molecule has 1 aliphatic carbocycles. The monoisotopic (exact) mass is 221 g/mol. The molecule has 1 unspecified atom stereocenters. The summed E-state index contributed by atoms with van der Waals surface area (Å²) in [5, 5.41) is 17.4. The molecule has 1 aliphatic heterocycles. The predicted octanol–water partition coefficient (Wildman–Crippen LogP) is 1.19. The number of aromatic nitrogens is 3. The topological polar surface area (TPSA) is 68.0 Å². The molecule has 5 nitrogen and oxygen atoms in total. The van der Waals surface area contributed by atoms with Crippen LogP contribution < -0.4 is 0 Å². The highest BCUT2D eigenvalue weighted by molar-refractivity contribution is 5.70. The minimum atomic E-state index is -0.709. The van der Waals surface area contributed by atoms with Crippen molar-refractivity contribution < 1.29 is 9.90 Å². The summed E-state index contributed by atoms with van der Waals surface area (Å²) in [5.74, 6) is 1.54. The number of nitrogens with zero attached hydrogens (tertiary/aromatic N) is 3. The van der Waals surface area contributed by atoms with Crippen molar-refractivity contribution in [3.05, 3.63) is 11.6 Å². The van der Waals surface area contributed by atoms with Crippen LogP contribution in [0.3, 0.4) is 0 Å². The zero-order chi connectivity index (χ0) is 11.1. The zero-order valence-electron chi connectivity index (χ0n) is 9.09. The highest BCUT2D eigenvalue weighted by Crippen LogP contribution is 2.36. The van der Waals surface area contributed by atoms with Gasteiger partial charge in [-0.3, -0.25) is 4.79 Å². The van der Waals surface area contributed by atoms with Gasteiger partial charge in [0.1, 0.15) is 11.6 Å². The van der Waals surface area contributed by atoms with Crippen LogP contribution in [-0.4, -0.2) is 25.8 Å². The zero-order valence-corrected chi connectivity index (χ0v) is 9.09. The third-order valence-electron chi connectivity index (χ3n) is 3.81. The number of carboxylic acid groups (broad SMARTS) is 1. The molecule has 2 aliphatic rings. The number of aliphatic carboxylic acids is 1. The molecule has 0 bridgehead atoms. The van der Waals surface area contributed by atoms with Crippen molar-refractivity contribution in [2.75, 3.05) is 0 Å². The van der Waals surface area contributed by atoms with E-state index < -0.39 is 5.97 Å². The van der Waals surface area contributed by atoms with Gasteiger partial charge in [-0.15, -0.1) is 10.2 Å². The minimum Gasteiger partial charge on any atom is -0.481 e. The number of hydrogen-bond donors (Lipinski definition) is 1. The molecule has 1 N–H and O–H groups in total. The fraction of sp³-hybridized carbons (Fsp3) is 0.727. The van der Waals surface area contributed by atoms with Crippen LogP contribution in [0.15, 0.2) is 0 Å². The van der Waals surface area contributed by atoms with Gasteiger partial charge in [-0.05, 0) is 19.3 Å². The lowest BCUT2D eigenvalue weighted by atomic mass is 9.84. The molecule has 0 aromatic carbocycles. The molecular formula is C11H15N3O2. The Morgan fingerprint density at radius 2 is 2.12 bits per heavy atom. The van der Waals surface area contributed by atoms with Crippen molar-refractivity contribution in [1.82, 2.24) is 14.8 Å². The number of carboxylic acids is 1. The van der Waals surface area contributed by atoms with Gasteiger partial charge in [0, 0.05) is 18.9 Å². The first-order valence-corrected chi connectivity index (χ1v) is 5.90. The average molecular weight is 221 g/mol. The lowest BCUT2D eigenvalue weighted by Gasteiger charge is -2.27. The Labute approximate surface area is 93.5 Å². The number of carbonyl (C=O) groups is 1. The first kappa shape index (κ1) is 9.81. The molecule has 1 atom stereocenters. The van der Waals surface area contributed by atoms with Crippen LogP contribution in [0.5, 0.6) is 0 Å². The predicted molar refractivity (Wildman–Crippen MR) is 56.1 cm³/mol. The molecule has 3 rings (SSSR count). The first-order chi connectivity index (χ1) is 7.75. The van der Waals surface area contributed by atoms with E-state index in [9.17, 15) is 4.79 Å². The first-order valence-electron chi connectivity index (χ1n) is 5.90. The van der Waals surface area contributed by atoms with Gasteiger partial charge in [-0.25, -0.2) is 0 Å². The summed E-state index contributed by atoms with van der Waals surface area (Å²) in [6, 6.07) is 0. The average Bonchev–Trinajstić information content (AvgIpc) is 2.59. The Morgan fingerprint density at radius 1 is 1.31 bits per heavy atom. The molecule has 1 aromatic rings. The van der Waals surface area contributed by atoms with Crippen LogP contribution >= 0.6 is 0 Å². The second-order valence-electron chi connectivity index (χ2n) is 4.78. The largest absolute Gasteiger partial charge is 0.481 e. The quantitative estimate of drug-likeness (QED) is 0.814. The van der Waals surface area contributed by atoms with E-state index in [4.69, 9.17) is 5.11 Å². The van der Waals surface area contributed by atoms with Gasteiger partial charge >= 0.3 is 5.97 Å². The van der Waals surface area contributed by atoms with E-state index in [-0.39, 0.29) is 5.92 Å². The Bertz CT molecular complexity index is 423. The lowest BCUT2D eigenvalue weighted by Crippen LogP contribution is -2.27. The van der Waals surface area contributed by atoms with Crippen LogP contribution in [0.1, 0.15) is 43.3 Å². The number of fused-ring (bicyclic) bond motifs is 1. The van der Waals surface area contributed by atoms with Gasteiger partial charge < -0.3 is 9.67 Å².